The van der Waals surface area contributed by atoms with Crippen LogP contribution >= 0.6 is 0 Å². The van der Waals surface area contributed by atoms with Crippen molar-refractivity contribution in [1.29, 1.82) is 0 Å². The van der Waals surface area contributed by atoms with E-state index in [2.05, 4.69) is 10.6 Å². The zero-order valence-corrected chi connectivity index (χ0v) is 16.8. The van der Waals surface area contributed by atoms with Crippen LogP contribution in [-0.4, -0.2) is 46.7 Å². The predicted molar refractivity (Wildman–Crippen MR) is 105 cm³/mol. The molecule has 0 aliphatic rings. The van der Waals surface area contributed by atoms with Crippen LogP contribution in [0, 0.1) is 5.92 Å². The monoisotopic (exact) mass is 389 g/mol. The molecule has 8 nitrogen and oxygen atoms in total. The second kappa shape index (κ2) is 8.77. The molecule has 1 aromatic heterocycles. The number of rotatable bonds is 8. The van der Waals surface area contributed by atoms with Crippen molar-refractivity contribution in [2.75, 3.05) is 7.11 Å². The molecule has 0 saturated carbocycles. The molecule has 0 fully saturated rings. The van der Waals surface area contributed by atoms with E-state index >= 15 is 0 Å². The van der Waals surface area contributed by atoms with Crippen LogP contribution in [0.1, 0.15) is 37.7 Å². The molecule has 1 aromatic carbocycles. The summed E-state index contributed by atoms with van der Waals surface area (Å²) >= 11 is 0. The smallest absolute Gasteiger partial charge is 0.326 e. The summed E-state index contributed by atoms with van der Waals surface area (Å²) in [5.74, 6) is -1.60. The van der Waals surface area contributed by atoms with Crippen molar-refractivity contribution in [1.82, 2.24) is 15.2 Å². The van der Waals surface area contributed by atoms with Crippen LogP contribution in [0.5, 0.6) is 5.75 Å². The summed E-state index contributed by atoms with van der Waals surface area (Å²) in [5.41, 5.74) is 1.24. The second-order valence-corrected chi connectivity index (χ2v) is 6.92. The molecule has 2 aromatic rings. The minimum Gasteiger partial charge on any atom is -0.497 e. The van der Waals surface area contributed by atoms with E-state index in [0.29, 0.717) is 17.9 Å². The van der Waals surface area contributed by atoms with Crippen LogP contribution in [0.3, 0.4) is 0 Å². The fourth-order valence-electron chi connectivity index (χ4n) is 2.97. The third-order valence-electron chi connectivity index (χ3n) is 5.00. The summed E-state index contributed by atoms with van der Waals surface area (Å²) in [6.45, 7) is 5.13. The molecular weight excluding hydrogens is 362 g/mol. The molecule has 28 heavy (non-hydrogen) atoms. The Labute approximate surface area is 163 Å². The van der Waals surface area contributed by atoms with Crippen LogP contribution in [0.2, 0.25) is 0 Å². The van der Waals surface area contributed by atoms with Crippen LogP contribution in [0.25, 0.3) is 10.9 Å². The van der Waals surface area contributed by atoms with Gasteiger partial charge < -0.3 is 25.0 Å². The van der Waals surface area contributed by atoms with Crippen molar-refractivity contribution in [3.05, 3.63) is 30.0 Å². The van der Waals surface area contributed by atoms with Gasteiger partial charge in [0.15, 0.2) is 0 Å². The van der Waals surface area contributed by atoms with Gasteiger partial charge in [0.25, 0.3) is 5.91 Å². The van der Waals surface area contributed by atoms with Gasteiger partial charge in [0.1, 0.15) is 23.5 Å². The number of ether oxygens (including phenoxy) is 1. The van der Waals surface area contributed by atoms with Gasteiger partial charge in [-0.25, -0.2) is 4.79 Å². The number of aliphatic carboxylic acids is 1. The normalized spacial score (nSPS) is 14.2. The number of carbonyl (C=O) groups is 3. The number of carboxylic acid groups (broad SMARTS) is 1. The van der Waals surface area contributed by atoms with E-state index in [1.54, 1.807) is 37.8 Å². The van der Waals surface area contributed by atoms with E-state index < -0.39 is 29.9 Å². The third-order valence-corrected chi connectivity index (χ3v) is 5.00. The molecular formula is C20H27N3O5. The van der Waals surface area contributed by atoms with Crippen molar-refractivity contribution >= 4 is 28.7 Å². The lowest BCUT2D eigenvalue weighted by Crippen LogP contribution is -2.52. The Bertz CT molecular complexity index is 889. The first-order valence-electron chi connectivity index (χ1n) is 9.17. The average molecular weight is 389 g/mol. The zero-order chi connectivity index (χ0) is 21.0. The molecule has 0 aliphatic carbocycles. The number of nitrogens with one attached hydrogen (secondary N) is 2. The van der Waals surface area contributed by atoms with Gasteiger partial charge in [-0.1, -0.05) is 20.3 Å². The van der Waals surface area contributed by atoms with Crippen LogP contribution < -0.4 is 15.4 Å². The standard InChI is InChI=1S/C20H27N3O5/c1-6-11(2)17(20(26)27)22-18(24)12(3)21-19(25)16-10-13-9-14(28-5)7-8-15(13)23(16)4/h7-12,17H,6H2,1-5H3,(H,21,25)(H,22,24)(H,26,27). The highest BCUT2D eigenvalue weighted by molar-refractivity contribution is 6.01. The number of benzene rings is 1. The van der Waals surface area contributed by atoms with Crippen molar-refractivity contribution in [3.8, 4) is 5.75 Å². The fraction of sp³-hybridized carbons (Fsp3) is 0.450. The van der Waals surface area contributed by atoms with E-state index in [4.69, 9.17) is 4.74 Å². The van der Waals surface area contributed by atoms with Crippen LogP contribution in [0.4, 0.5) is 0 Å². The number of aromatic nitrogens is 1. The highest BCUT2D eigenvalue weighted by Crippen LogP contribution is 2.23. The number of amides is 2. The third kappa shape index (κ3) is 4.44. The largest absolute Gasteiger partial charge is 0.497 e. The van der Waals surface area contributed by atoms with Gasteiger partial charge in [-0.2, -0.15) is 0 Å². The summed E-state index contributed by atoms with van der Waals surface area (Å²) in [6.07, 6.45) is 0.609. The average Bonchev–Trinajstić information content (AvgIpc) is 3.00. The van der Waals surface area contributed by atoms with Crippen LogP contribution in [-0.2, 0) is 16.6 Å². The highest BCUT2D eigenvalue weighted by atomic mass is 16.5. The van der Waals surface area contributed by atoms with E-state index in [1.807, 2.05) is 19.1 Å². The lowest BCUT2D eigenvalue weighted by atomic mass is 9.99. The quantitative estimate of drug-likeness (QED) is 0.639. The van der Waals surface area contributed by atoms with Gasteiger partial charge in [0.2, 0.25) is 5.91 Å². The van der Waals surface area contributed by atoms with Crippen molar-refractivity contribution < 1.29 is 24.2 Å². The molecule has 0 spiro atoms. The number of nitrogens with zero attached hydrogens (tertiary/aromatic N) is 1. The molecule has 0 bridgehead atoms. The Morgan fingerprint density at radius 2 is 1.86 bits per heavy atom. The highest BCUT2D eigenvalue weighted by Gasteiger charge is 2.28. The number of methoxy groups -OCH3 is 1. The van der Waals surface area contributed by atoms with Gasteiger partial charge >= 0.3 is 5.97 Å². The molecule has 0 radical (unpaired) electrons. The number of carbonyl (C=O) groups excluding carboxylic acids is 2. The van der Waals surface area contributed by atoms with Crippen molar-refractivity contribution in [2.24, 2.45) is 13.0 Å². The number of hydrogen-bond donors (Lipinski definition) is 3. The summed E-state index contributed by atoms with van der Waals surface area (Å²) < 4.78 is 6.93. The predicted octanol–water partition coefficient (Wildman–Crippen LogP) is 1.92. The lowest BCUT2D eigenvalue weighted by Gasteiger charge is -2.22. The molecule has 3 atom stereocenters. The molecule has 0 saturated heterocycles. The Morgan fingerprint density at radius 3 is 2.43 bits per heavy atom. The number of aryl methyl sites for hydroxylation is 1. The molecule has 3 unspecified atom stereocenters. The lowest BCUT2D eigenvalue weighted by molar-refractivity contribution is -0.143. The zero-order valence-electron chi connectivity index (χ0n) is 16.8. The van der Waals surface area contributed by atoms with E-state index in [0.717, 1.165) is 10.9 Å². The minimum atomic E-state index is -1.09. The van der Waals surface area contributed by atoms with Gasteiger partial charge in [-0.3, -0.25) is 9.59 Å². The number of hydrogen-bond acceptors (Lipinski definition) is 4. The fourth-order valence-corrected chi connectivity index (χ4v) is 2.97. The maximum absolute atomic E-state index is 12.7. The summed E-state index contributed by atoms with van der Waals surface area (Å²) in [7, 11) is 3.33. The summed E-state index contributed by atoms with van der Waals surface area (Å²) in [6, 6.07) is 5.32. The minimum absolute atomic E-state index is 0.225. The summed E-state index contributed by atoms with van der Waals surface area (Å²) in [4.78, 5) is 36.4. The van der Waals surface area contributed by atoms with Gasteiger partial charge in [0.05, 0.1) is 7.11 Å². The Morgan fingerprint density at radius 1 is 1.18 bits per heavy atom. The molecule has 1 heterocycles. The maximum atomic E-state index is 12.7. The van der Waals surface area contributed by atoms with E-state index in [1.165, 1.54) is 6.92 Å². The van der Waals surface area contributed by atoms with Crippen molar-refractivity contribution in [3.63, 3.8) is 0 Å². The topological polar surface area (TPSA) is 110 Å². The maximum Gasteiger partial charge on any atom is 0.326 e. The first-order chi connectivity index (χ1) is 13.2. The van der Waals surface area contributed by atoms with Crippen molar-refractivity contribution in [2.45, 2.75) is 39.3 Å². The molecule has 152 valence electrons. The molecule has 2 amide bonds. The molecule has 2 rings (SSSR count). The van der Waals surface area contributed by atoms with Crippen LogP contribution in [0.15, 0.2) is 24.3 Å². The Kier molecular flexibility index (Phi) is 6.66. The Hall–Kier alpha value is -3.03. The second-order valence-electron chi connectivity index (χ2n) is 6.92. The SMILES string of the molecule is CCC(C)C(NC(=O)C(C)NC(=O)c1cc2cc(OC)ccc2n1C)C(=O)O. The number of carboxylic acids is 1. The van der Waals surface area contributed by atoms with Gasteiger partial charge in [-0.05, 0) is 37.1 Å². The molecule has 0 aliphatic heterocycles. The first kappa shape index (κ1) is 21.3. The first-order valence-corrected chi connectivity index (χ1v) is 9.17. The molecule has 8 heteroatoms. The van der Waals surface area contributed by atoms with E-state index in [9.17, 15) is 19.5 Å². The number of fused-ring (bicyclic) bond motifs is 1. The van der Waals surface area contributed by atoms with Gasteiger partial charge in [0, 0.05) is 18.0 Å². The molecule has 3 N–H and O–H groups in total. The van der Waals surface area contributed by atoms with Gasteiger partial charge in [-0.15, -0.1) is 0 Å². The van der Waals surface area contributed by atoms with E-state index in [-0.39, 0.29) is 5.92 Å². The Balaban J connectivity index is 2.13. The summed E-state index contributed by atoms with van der Waals surface area (Å²) in [5, 5.41) is 15.3.